The second kappa shape index (κ2) is 7.61. The van der Waals surface area contributed by atoms with Crippen LogP contribution in [0.25, 0.3) is 6.08 Å². The molecule has 188 valence electrons. The molecular formula is C29H20N2O7. The predicted octanol–water partition coefficient (Wildman–Crippen LogP) is 3.54. The molecule has 0 radical (unpaired) electrons. The van der Waals surface area contributed by atoms with E-state index in [1.165, 1.54) is 4.90 Å². The molecule has 3 aromatic carbocycles. The van der Waals surface area contributed by atoms with Crippen molar-refractivity contribution in [1.29, 1.82) is 0 Å². The minimum Gasteiger partial charge on any atom is -0.454 e. The minimum absolute atomic E-state index is 0.0815. The Labute approximate surface area is 216 Å². The second-order valence-corrected chi connectivity index (χ2v) is 9.81. The molecule has 2 amide bonds. The summed E-state index contributed by atoms with van der Waals surface area (Å²) >= 11 is 0. The van der Waals surface area contributed by atoms with Crippen molar-refractivity contribution >= 4 is 29.4 Å². The van der Waals surface area contributed by atoms with Gasteiger partial charge in [-0.05, 0) is 47.5 Å². The molecule has 8 rings (SSSR count). The quantitative estimate of drug-likeness (QED) is 0.392. The average molecular weight is 508 g/mol. The topological polar surface area (TPSA) is 94.6 Å². The van der Waals surface area contributed by atoms with Gasteiger partial charge in [-0.15, -0.1) is 0 Å². The molecular weight excluding hydrogens is 488 g/mol. The van der Waals surface area contributed by atoms with Gasteiger partial charge in [0.2, 0.25) is 25.4 Å². The van der Waals surface area contributed by atoms with E-state index in [9.17, 15) is 14.4 Å². The van der Waals surface area contributed by atoms with E-state index < -0.39 is 29.8 Å². The number of benzene rings is 3. The van der Waals surface area contributed by atoms with Crippen LogP contribution in [0.2, 0.25) is 0 Å². The van der Waals surface area contributed by atoms with Gasteiger partial charge in [-0.2, -0.15) is 0 Å². The molecule has 0 spiro atoms. The summed E-state index contributed by atoms with van der Waals surface area (Å²) in [6, 6.07) is 16.5. The summed E-state index contributed by atoms with van der Waals surface area (Å²) in [6.07, 6.45) is 3.77. The molecule has 0 saturated carbocycles. The van der Waals surface area contributed by atoms with Gasteiger partial charge < -0.3 is 23.8 Å². The lowest BCUT2D eigenvalue weighted by Gasteiger charge is -2.35. The van der Waals surface area contributed by atoms with Crippen LogP contribution < -0.4 is 23.8 Å². The van der Waals surface area contributed by atoms with Crippen LogP contribution >= 0.6 is 0 Å². The van der Waals surface area contributed by atoms with E-state index >= 15 is 0 Å². The van der Waals surface area contributed by atoms with Gasteiger partial charge in [0.15, 0.2) is 28.8 Å². The first-order chi connectivity index (χ1) is 18.6. The Balaban J connectivity index is 1.25. The third kappa shape index (κ3) is 2.78. The Kier molecular flexibility index (Phi) is 4.27. The highest BCUT2D eigenvalue weighted by Gasteiger charge is 2.64. The highest BCUT2D eigenvalue weighted by Crippen LogP contribution is 2.54. The molecule has 5 aliphatic heterocycles. The lowest BCUT2D eigenvalue weighted by molar-refractivity contribution is -0.123. The molecule has 9 nitrogen and oxygen atoms in total. The minimum atomic E-state index is -0.870. The number of imide groups is 1. The number of Topliss-reactive ketones (excluding diaryl/α,β-unsaturated/α-hetero) is 1. The SMILES string of the molecule is O=C(c1ccc2c(c1)OCO2)[C@@H]1[C@@H]2C(=O)N(c3ccc4c(c3)OCO4)C(=O)[C@H]2[C@@H]2c3ccccc3C=CN12. The number of carbonyl (C=O) groups excluding carboxylic acids is 3. The van der Waals surface area contributed by atoms with Crippen molar-refractivity contribution < 1.29 is 33.3 Å². The molecule has 9 heteroatoms. The first-order valence-electron chi connectivity index (χ1n) is 12.4. The van der Waals surface area contributed by atoms with E-state index in [0.29, 0.717) is 34.2 Å². The molecule has 0 aromatic heterocycles. The highest BCUT2D eigenvalue weighted by molar-refractivity contribution is 6.24. The number of nitrogens with zero attached hydrogens (tertiary/aromatic N) is 2. The third-order valence-electron chi connectivity index (χ3n) is 8.00. The smallest absolute Gasteiger partial charge is 0.240 e. The Morgan fingerprint density at radius 1 is 0.763 bits per heavy atom. The van der Waals surface area contributed by atoms with E-state index in [1.54, 1.807) is 36.4 Å². The van der Waals surface area contributed by atoms with Crippen molar-refractivity contribution in [3.63, 3.8) is 0 Å². The maximum atomic E-state index is 14.1. The number of anilines is 1. The van der Waals surface area contributed by atoms with E-state index in [0.717, 1.165) is 11.1 Å². The number of amides is 2. The van der Waals surface area contributed by atoms with Gasteiger partial charge in [-0.3, -0.25) is 14.4 Å². The summed E-state index contributed by atoms with van der Waals surface area (Å²) < 4.78 is 21.8. The fourth-order valence-electron chi connectivity index (χ4n) is 6.36. The molecule has 0 unspecified atom stereocenters. The summed E-state index contributed by atoms with van der Waals surface area (Å²) in [7, 11) is 0. The first kappa shape index (κ1) is 21.3. The second-order valence-electron chi connectivity index (χ2n) is 9.81. The number of ketones is 1. The van der Waals surface area contributed by atoms with Crippen molar-refractivity contribution in [2.45, 2.75) is 12.1 Å². The zero-order valence-corrected chi connectivity index (χ0v) is 19.9. The molecule has 5 aliphatic rings. The summed E-state index contributed by atoms with van der Waals surface area (Å²) in [5.74, 6) is -0.513. The Hall–Kier alpha value is -4.79. The molecule has 0 bridgehead atoms. The molecule has 3 aromatic rings. The number of fused-ring (bicyclic) bond motifs is 7. The lowest BCUT2D eigenvalue weighted by atomic mass is 9.83. The van der Waals surface area contributed by atoms with Crippen molar-refractivity contribution in [3.05, 3.63) is 83.6 Å². The summed E-state index contributed by atoms with van der Waals surface area (Å²) in [5, 5.41) is 0. The maximum Gasteiger partial charge on any atom is 0.240 e. The standard InChI is InChI=1S/C29H20N2O7/c32-27(16-5-7-19-21(11-16)37-13-35-19)26-24-23(25-18-4-2-1-3-15(18)9-10-30(25)26)28(33)31(29(24)34)17-6-8-20-22(12-17)38-14-36-20/h1-12,23-26H,13-14H2/t23-,24-,25+,26+/m1/s1. The van der Waals surface area contributed by atoms with E-state index in [2.05, 4.69) is 0 Å². The monoisotopic (exact) mass is 508 g/mol. The van der Waals surface area contributed by atoms with Crippen LogP contribution in [0.3, 0.4) is 0 Å². The number of hydrogen-bond acceptors (Lipinski definition) is 8. The largest absolute Gasteiger partial charge is 0.454 e. The Bertz CT molecular complexity index is 1600. The van der Waals surface area contributed by atoms with Crippen LogP contribution in [-0.4, -0.2) is 42.1 Å². The summed E-state index contributed by atoms with van der Waals surface area (Å²) in [4.78, 5) is 45.3. The van der Waals surface area contributed by atoms with Gasteiger partial charge in [0.25, 0.3) is 0 Å². The van der Waals surface area contributed by atoms with Crippen LogP contribution in [0.4, 0.5) is 5.69 Å². The molecule has 2 fully saturated rings. The first-order valence-corrected chi connectivity index (χ1v) is 12.4. The molecule has 0 aliphatic carbocycles. The van der Waals surface area contributed by atoms with Crippen LogP contribution in [0.5, 0.6) is 23.0 Å². The van der Waals surface area contributed by atoms with Gasteiger partial charge in [0, 0.05) is 17.8 Å². The fourth-order valence-corrected chi connectivity index (χ4v) is 6.36. The van der Waals surface area contributed by atoms with Crippen molar-refractivity contribution in [2.24, 2.45) is 11.8 Å². The van der Waals surface area contributed by atoms with Gasteiger partial charge >= 0.3 is 0 Å². The van der Waals surface area contributed by atoms with Crippen molar-refractivity contribution in [3.8, 4) is 23.0 Å². The van der Waals surface area contributed by atoms with E-state index in [-0.39, 0.29) is 25.3 Å². The molecule has 0 N–H and O–H groups in total. The van der Waals surface area contributed by atoms with Crippen LogP contribution in [0.15, 0.2) is 66.9 Å². The zero-order valence-electron chi connectivity index (χ0n) is 19.9. The molecule has 5 heterocycles. The van der Waals surface area contributed by atoms with Crippen molar-refractivity contribution in [2.75, 3.05) is 18.5 Å². The van der Waals surface area contributed by atoms with E-state index in [1.807, 2.05) is 41.4 Å². The van der Waals surface area contributed by atoms with Crippen LogP contribution in [0, 0.1) is 11.8 Å². The van der Waals surface area contributed by atoms with Crippen molar-refractivity contribution in [1.82, 2.24) is 4.90 Å². The number of rotatable bonds is 3. The predicted molar refractivity (Wildman–Crippen MR) is 133 cm³/mol. The zero-order chi connectivity index (χ0) is 25.5. The van der Waals surface area contributed by atoms with Gasteiger partial charge in [-0.1, -0.05) is 24.3 Å². The average Bonchev–Trinajstić information content (AvgIpc) is 3.71. The highest BCUT2D eigenvalue weighted by atomic mass is 16.7. The van der Waals surface area contributed by atoms with Gasteiger partial charge in [0.1, 0.15) is 6.04 Å². The third-order valence-corrected chi connectivity index (χ3v) is 8.00. The molecule has 4 atom stereocenters. The normalized spacial score (nSPS) is 25.5. The maximum absolute atomic E-state index is 14.1. The number of hydrogen-bond donors (Lipinski definition) is 0. The Morgan fingerprint density at radius 2 is 1.45 bits per heavy atom. The summed E-state index contributed by atoms with van der Waals surface area (Å²) in [5.41, 5.74) is 2.68. The Morgan fingerprint density at radius 3 is 2.26 bits per heavy atom. The van der Waals surface area contributed by atoms with Gasteiger partial charge in [0.05, 0.1) is 23.6 Å². The van der Waals surface area contributed by atoms with Crippen LogP contribution in [0.1, 0.15) is 27.5 Å². The van der Waals surface area contributed by atoms with Crippen LogP contribution in [-0.2, 0) is 9.59 Å². The number of ether oxygens (including phenoxy) is 4. The molecule has 2 saturated heterocycles. The summed E-state index contributed by atoms with van der Waals surface area (Å²) in [6.45, 7) is 0.171. The fraction of sp³-hybridized carbons (Fsp3) is 0.207. The van der Waals surface area contributed by atoms with Gasteiger partial charge in [-0.25, -0.2) is 4.90 Å². The molecule has 38 heavy (non-hydrogen) atoms. The van der Waals surface area contributed by atoms with E-state index in [4.69, 9.17) is 18.9 Å². The number of carbonyl (C=O) groups is 3. The lowest BCUT2D eigenvalue weighted by Crippen LogP contribution is -2.44.